The largest absolute Gasteiger partial charge is 0.433 e. The fourth-order valence-electron chi connectivity index (χ4n) is 2.90. The van der Waals surface area contributed by atoms with Crippen molar-refractivity contribution in [3.05, 3.63) is 59.0 Å². The van der Waals surface area contributed by atoms with Crippen LogP contribution in [0.3, 0.4) is 0 Å². The van der Waals surface area contributed by atoms with Gasteiger partial charge in [-0.25, -0.2) is 4.98 Å². The number of nitrogens with one attached hydrogen (secondary N) is 1. The highest BCUT2D eigenvalue weighted by atomic mass is 19.4. The van der Waals surface area contributed by atoms with Gasteiger partial charge in [0.1, 0.15) is 11.4 Å². The van der Waals surface area contributed by atoms with Gasteiger partial charge < -0.3 is 5.32 Å². The van der Waals surface area contributed by atoms with Gasteiger partial charge in [0.15, 0.2) is 0 Å². The van der Waals surface area contributed by atoms with Gasteiger partial charge in [0.05, 0.1) is 17.8 Å². The molecular weight excluding hydrogens is 402 g/mol. The fourth-order valence-corrected chi connectivity index (χ4v) is 2.90. The van der Waals surface area contributed by atoms with Crippen molar-refractivity contribution in [1.29, 1.82) is 0 Å². The molecule has 1 atom stereocenters. The van der Waals surface area contributed by atoms with Gasteiger partial charge in [0.2, 0.25) is 0 Å². The average Bonchev–Trinajstić information content (AvgIpc) is 3.02. The number of nitrogens with zero attached hydrogens (tertiary/aromatic N) is 3. The Hall–Kier alpha value is -3.11. The second kappa shape index (κ2) is 7.05. The topological polar surface area (TPSA) is 59.8 Å². The summed E-state index contributed by atoms with van der Waals surface area (Å²) in [6.07, 6.45) is -8.22. The number of benzene rings is 1. The van der Waals surface area contributed by atoms with Crippen molar-refractivity contribution in [3.63, 3.8) is 0 Å². The molecule has 0 radical (unpaired) electrons. The fraction of sp³-hybridized carbons (Fsp3) is 0.278. The third kappa shape index (κ3) is 4.17. The van der Waals surface area contributed by atoms with E-state index in [4.69, 9.17) is 0 Å². The minimum absolute atomic E-state index is 0.0380. The SMILES string of the molecule is C[C@H](NC(=O)c1ccc2nc(C(F)(F)F)ccc2c1)c1cnn(C)c1C(F)(F)F. The van der Waals surface area contributed by atoms with E-state index in [9.17, 15) is 31.1 Å². The third-order valence-electron chi connectivity index (χ3n) is 4.29. The second-order valence-corrected chi connectivity index (χ2v) is 6.37. The summed E-state index contributed by atoms with van der Waals surface area (Å²) in [7, 11) is 1.15. The summed E-state index contributed by atoms with van der Waals surface area (Å²) < 4.78 is 78.5. The summed E-state index contributed by atoms with van der Waals surface area (Å²) in [5, 5.41) is 6.33. The van der Waals surface area contributed by atoms with Crippen LogP contribution in [0.4, 0.5) is 26.3 Å². The quantitative estimate of drug-likeness (QED) is 0.640. The number of halogens is 6. The Morgan fingerprint density at radius 3 is 2.38 bits per heavy atom. The number of hydrogen-bond donors (Lipinski definition) is 1. The molecule has 29 heavy (non-hydrogen) atoms. The van der Waals surface area contributed by atoms with Crippen LogP contribution >= 0.6 is 0 Å². The molecular formula is C18H14F6N4O. The lowest BCUT2D eigenvalue weighted by atomic mass is 10.1. The molecule has 0 aliphatic heterocycles. The van der Waals surface area contributed by atoms with Gasteiger partial charge >= 0.3 is 12.4 Å². The zero-order valence-corrected chi connectivity index (χ0v) is 15.1. The Bertz CT molecular complexity index is 1070. The maximum Gasteiger partial charge on any atom is 0.433 e. The Balaban J connectivity index is 1.85. The normalized spacial score (nSPS) is 13.5. The molecule has 1 N–H and O–H groups in total. The molecule has 2 aromatic heterocycles. The van der Waals surface area contributed by atoms with E-state index in [1.54, 1.807) is 0 Å². The van der Waals surface area contributed by atoms with Crippen LogP contribution in [0.15, 0.2) is 36.5 Å². The molecule has 11 heteroatoms. The number of aromatic nitrogens is 3. The summed E-state index contributed by atoms with van der Waals surface area (Å²) in [6, 6.07) is 4.78. The number of alkyl halides is 6. The molecule has 1 aromatic carbocycles. The summed E-state index contributed by atoms with van der Waals surface area (Å²) in [5.41, 5.74) is -2.13. The number of rotatable bonds is 3. The van der Waals surface area contributed by atoms with E-state index >= 15 is 0 Å². The Morgan fingerprint density at radius 2 is 1.76 bits per heavy atom. The van der Waals surface area contributed by atoms with Crippen LogP contribution in [0.5, 0.6) is 0 Å². The van der Waals surface area contributed by atoms with Crippen LogP contribution in [-0.4, -0.2) is 20.7 Å². The molecule has 5 nitrogen and oxygen atoms in total. The van der Waals surface area contributed by atoms with Crippen molar-refractivity contribution in [1.82, 2.24) is 20.1 Å². The lowest BCUT2D eigenvalue weighted by molar-refractivity contribution is -0.144. The molecule has 0 fully saturated rings. The van der Waals surface area contributed by atoms with Crippen molar-refractivity contribution in [2.24, 2.45) is 7.05 Å². The Labute approximate surface area is 160 Å². The molecule has 0 aliphatic rings. The summed E-state index contributed by atoms with van der Waals surface area (Å²) >= 11 is 0. The first-order chi connectivity index (χ1) is 13.4. The summed E-state index contributed by atoms with van der Waals surface area (Å²) in [5.74, 6) is -0.684. The van der Waals surface area contributed by atoms with E-state index < -0.39 is 35.7 Å². The summed E-state index contributed by atoms with van der Waals surface area (Å²) in [4.78, 5) is 16.0. The molecule has 1 amide bonds. The minimum atomic E-state index is -4.65. The van der Waals surface area contributed by atoms with Gasteiger partial charge in [-0.1, -0.05) is 6.07 Å². The zero-order valence-electron chi connectivity index (χ0n) is 15.1. The van der Waals surface area contributed by atoms with E-state index in [1.807, 2.05) is 0 Å². The number of fused-ring (bicyclic) bond motifs is 1. The number of carbonyl (C=O) groups excluding carboxylic acids is 1. The molecule has 0 spiro atoms. The van der Waals surface area contributed by atoms with Crippen molar-refractivity contribution in [3.8, 4) is 0 Å². The number of aryl methyl sites for hydroxylation is 1. The second-order valence-electron chi connectivity index (χ2n) is 6.37. The van der Waals surface area contributed by atoms with E-state index in [0.717, 1.165) is 19.3 Å². The van der Waals surface area contributed by atoms with Crippen LogP contribution in [0.1, 0.15) is 40.3 Å². The van der Waals surface area contributed by atoms with Crippen molar-refractivity contribution in [2.75, 3.05) is 0 Å². The van der Waals surface area contributed by atoms with Gasteiger partial charge in [-0.05, 0) is 31.2 Å². The first-order valence-electron chi connectivity index (χ1n) is 8.26. The third-order valence-corrected chi connectivity index (χ3v) is 4.29. The van der Waals surface area contributed by atoms with Crippen LogP contribution < -0.4 is 5.32 Å². The first kappa shape index (κ1) is 20.6. The van der Waals surface area contributed by atoms with Gasteiger partial charge in [0, 0.05) is 23.6 Å². The lowest BCUT2D eigenvalue weighted by Crippen LogP contribution is -2.28. The van der Waals surface area contributed by atoms with Gasteiger partial charge in [-0.3, -0.25) is 9.48 Å². The van der Waals surface area contributed by atoms with Crippen LogP contribution in [0.25, 0.3) is 10.9 Å². The molecule has 3 rings (SSSR count). The van der Waals surface area contributed by atoms with Crippen molar-refractivity contribution in [2.45, 2.75) is 25.3 Å². The molecule has 0 saturated carbocycles. The smallest absolute Gasteiger partial charge is 0.345 e. The molecule has 0 aliphatic carbocycles. The maximum absolute atomic E-state index is 13.2. The number of pyridine rings is 1. The van der Waals surface area contributed by atoms with Crippen LogP contribution in [0, 0.1) is 0 Å². The Kier molecular flexibility index (Phi) is 5.01. The van der Waals surface area contributed by atoms with E-state index in [-0.39, 0.29) is 22.0 Å². The monoisotopic (exact) mass is 416 g/mol. The molecule has 154 valence electrons. The number of carbonyl (C=O) groups is 1. The average molecular weight is 416 g/mol. The van der Waals surface area contributed by atoms with Crippen molar-refractivity contribution >= 4 is 16.8 Å². The predicted octanol–water partition coefficient (Wildman–Crippen LogP) is 4.50. The molecule has 2 heterocycles. The van der Waals surface area contributed by atoms with Crippen LogP contribution in [0.2, 0.25) is 0 Å². The van der Waals surface area contributed by atoms with E-state index in [2.05, 4.69) is 15.4 Å². The molecule has 0 unspecified atom stereocenters. The van der Waals surface area contributed by atoms with Crippen LogP contribution in [-0.2, 0) is 19.4 Å². The maximum atomic E-state index is 13.2. The predicted molar refractivity (Wildman–Crippen MR) is 90.8 cm³/mol. The first-order valence-corrected chi connectivity index (χ1v) is 8.26. The van der Waals surface area contributed by atoms with E-state index in [1.165, 1.54) is 31.2 Å². The number of amides is 1. The number of hydrogen-bond acceptors (Lipinski definition) is 3. The highest BCUT2D eigenvalue weighted by molar-refractivity contribution is 5.98. The standard InChI is InChI=1S/C18H14F6N4O/c1-9(12-8-25-28(2)15(12)18(22,23)24)26-16(29)11-3-5-13-10(7-11)4-6-14(27-13)17(19,20)21/h3-9H,1-2H3,(H,26,29)/t9-/m0/s1. The lowest BCUT2D eigenvalue weighted by Gasteiger charge is -2.17. The van der Waals surface area contributed by atoms with Crippen molar-refractivity contribution < 1.29 is 31.1 Å². The highest BCUT2D eigenvalue weighted by Gasteiger charge is 2.38. The Morgan fingerprint density at radius 1 is 1.07 bits per heavy atom. The highest BCUT2D eigenvalue weighted by Crippen LogP contribution is 2.34. The zero-order chi connectivity index (χ0) is 21.6. The summed E-state index contributed by atoms with van der Waals surface area (Å²) in [6.45, 7) is 1.38. The van der Waals surface area contributed by atoms with Gasteiger partial charge in [-0.2, -0.15) is 31.4 Å². The van der Waals surface area contributed by atoms with E-state index in [0.29, 0.717) is 4.68 Å². The molecule has 0 bridgehead atoms. The molecule has 0 saturated heterocycles. The minimum Gasteiger partial charge on any atom is -0.345 e. The van der Waals surface area contributed by atoms with Gasteiger partial charge in [0.25, 0.3) is 5.91 Å². The molecule has 3 aromatic rings. The van der Waals surface area contributed by atoms with Gasteiger partial charge in [-0.15, -0.1) is 0 Å².